The topological polar surface area (TPSA) is 113 Å². The zero-order valence-electron chi connectivity index (χ0n) is 12.1. The summed E-state index contributed by atoms with van der Waals surface area (Å²) in [6, 6.07) is 15.5. The predicted molar refractivity (Wildman–Crippen MR) is 90.4 cm³/mol. The fourth-order valence-electron chi connectivity index (χ4n) is 1.64. The standard InChI is InChI=1S/C8H10N2S.C8H6O4/c9-8(11)10-6-7-4-2-1-3-5-7;9-7(10)5-3-1-2-4-6(5)8(11)12/h1-5H,6H2,(H3,9,10,11);1-4H,(H,9,10)(H,11,12). The Hall–Kier alpha value is -2.93. The first-order valence-electron chi connectivity index (χ1n) is 6.54. The molecule has 2 aromatic carbocycles. The molecule has 2 rings (SSSR count). The van der Waals surface area contributed by atoms with Crippen LogP contribution in [0.5, 0.6) is 0 Å². The molecule has 0 radical (unpaired) electrons. The number of benzene rings is 2. The molecule has 2 aromatic rings. The number of rotatable bonds is 4. The van der Waals surface area contributed by atoms with E-state index >= 15 is 0 Å². The number of thiocarbonyl (C=S) groups is 1. The minimum Gasteiger partial charge on any atom is -0.478 e. The van der Waals surface area contributed by atoms with Crippen molar-refractivity contribution in [2.45, 2.75) is 6.54 Å². The third-order valence-corrected chi connectivity index (χ3v) is 2.84. The first-order chi connectivity index (χ1) is 10.9. The first kappa shape index (κ1) is 18.1. The highest BCUT2D eigenvalue weighted by Crippen LogP contribution is 2.07. The Morgan fingerprint density at radius 2 is 1.35 bits per heavy atom. The van der Waals surface area contributed by atoms with Crippen molar-refractivity contribution in [3.8, 4) is 0 Å². The number of carboxylic acid groups (broad SMARTS) is 2. The van der Waals surface area contributed by atoms with Crippen molar-refractivity contribution in [2.24, 2.45) is 5.73 Å². The minimum atomic E-state index is -1.23. The molecule has 0 heterocycles. The average molecular weight is 332 g/mol. The van der Waals surface area contributed by atoms with Crippen molar-refractivity contribution in [2.75, 3.05) is 0 Å². The number of hydrogen-bond acceptors (Lipinski definition) is 3. The predicted octanol–water partition coefficient (Wildman–Crippen LogP) is 2.10. The van der Waals surface area contributed by atoms with Crippen LogP contribution in [0.2, 0.25) is 0 Å². The summed E-state index contributed by atoms with van der Waals surface area (Å²) in [4.78, 5) is 20.9. The Kier molecular flexibility index (Phi) is 7.22. The van der Waals surface area contributed by atoms with Crippen molar-refractivity contribution in [3.63, 3.8) is 0 Å². The smallest absolute Gasteiger partial charge is 0.336 e. The monoisotopic (exact) mass is 332 g/mol. The first-order valence-corrected chi connectivity index (χ1v) is 6.95. The molecule has 120 valence electrons. The van der Waals surface area contributed by atoms with Gasteiger partial charge in [-0.3, -0.25) is 0 Å². The summed E-state index contributed by atoms with van der Waals surface area (Å²) >= 11 is 4.66. The SMILES string of the molecule is NC(=S)NCc1ccccc1.O=C(O)c1ccccc1C(=O)O. The van der Waals surface area contributed by atoms with Crippen LogP contribution >= 0.6 is 12.2 Å². The summed E-state index contributed by atoms with van der Waals surface area (Å²) < 4.78 is 0. The molecular weight excluding hydrogens is 316 g/mol. The largest absolute Gasteiger partial charge is 0.478 e. The van der Waals surface area contributed by atoms with Crippen LogP contribution in [0.4, 0.5) is 0 Å². The fraction of sp³-hybridized carbons (Fsp3) is 0.0625. The van der Waals surface area contributed by atoms with Crippen LogP contribution in [0.3, 0.4) is 0 Å². The molecular formula is C16H16N2O4S. The molecule has 5 N–H and O–H groups in total. The van der Waals surface area contributed by atoms with Crippen LogP contribution in [-0.4, -0.2) is 27.3 Å². The molecule has 0 amide bonds. The second-order valence-electron chi connectivity index (χ2n) is 4.36. The maximum atomic E-state index is 10.5. The van der Waals surface area contributed by atoms with E-state index in [-0.39, 0.29) is 11.1 Å². The van der Waals surface area contributed by atoms with E-state index in [9.17, 15) is 9.59 Å². The van der Waals surface area contributed by atoms with Crippen LogP contribution in [0, 0.1) is 0 Å². The minimum absolute atomic E-state index is 0.190. The summed E-state index contributed by atoms with van der Waals surface area (Å²) in [6.45, 7) is 0.705. The quantitative estimate of drug-likeness (QED) is 0.634. The third kappa shape index (κ3) is 6.58. The summed E-state index contributed by atoms with van der Waals surface area (Å²) in [5.41, 5.74) is 6.06. The van der Waals surface area contributed by atoms with Gasteiger partial charge in [0.25, 0.3) is 0 Å². The summed E-state index contributed by atoms with van der Waals surface area (Å²) in [5, 5.41) is 20.3. The molecule has 0 aliphatic heterocycles. The van der Waals surface area contributed by atoms with Crippen LogP contribution in [-0.2, 0) is 6.54 Å². The lowest BCUT2D eigenvalue weighted by atomic mass is 10.1. The van der Waals surface area contributed by atoms with E-state index in [1.54, 1.807) is 0 Å². The normalized spacial score (nSPS) is 9.22. The Bertz CT molecular complexity index is 656. The van der Waals surface area contributed by atoms with E-state index in [2.05, 4.69) is 17.5 Å². The van der Waals surface area contributed by atoms with Gasteiger partial charge < -0.3 is 21.3 Å². The second kappa shape index (κ2) is 9.16. The van der Waals surface area contributed by atoms with Crippen molar-refractivity contribution in [1.82, 2.24) is 5.32 Å². The summed E-state index contributed by atoms with van der Waals surface area (Å²) in [5.74, 6) is -2.46. The van der Waals surface area contributed by atoms with Crippen LogP contribution in [0.1, 0.15) is 26.3 Å². The van der Waals surface area contributed by atoms with Crippen molar-refractivity contribution >= 4 is 29.3 Å². The highest BCUT2D eigenvalue weighted by Gasteiger charge is 2.13. The lowest BCUT2D eigenvalue weighted by molar-refractivity contribution is 0.0651. The Balaban J connectivity index is 0.000000231. The van der Waals surface area contributed by atoms with Gasteiger partial charge in [0.15, 0.2) is 5.11 Å². The van der Waals surface area contributed by atoms with Gasteiger partial charge in [0, 0.05) is 6.54 Å². The van der Waals surface area contributed by atoms with E-state index in [1.165, 1.54) is 29.8 Å². The molecule has 0 fully saturated rings. The van der Waals surface area contributed by atoms with Crippen molar-refractivity contribution < 1.29 is 19.8 Å². The van der Waals surface area contributed by atoms with Crippen molar-refractivity contribution in [3.05, 3.63) is 71.3 Å². The molecule has 0 atom stereocenters. The number of carboxylic acids is 2. The van der Waals surface area contributed by atoms with Gasteiger partial charge in [-0.05, 0) is 29.9 Å². The molecule has 0 spiro atoms. The molecule has 0 saturated carbocycles. The van der Waals surface area contributed by atoms with E-state index in [0.717, 1.165) is 0 Å². The molecule has 0 bridgehead atoms. The van der Waals surface area contributed by atoms with Gasteiger partial charge in [0.05, 0.1) is 11.1 Å². The molecule has 0 aromatic heterocycles. The van der Waals surface area contributed by atoms with Crippen molar-refractivity contribution in [1.29, 1.82) is 0 Å². The van der Waals surface area contributed by atoms with Gasteiger partial charge in [-0.25, -0.2) is 9.59 Å². The lowest BCUT2D eigenvalue weighted by Crippen LogP contribution is -2.28. The highest BCUT2D eigenvalue weighted by molar-refractivity contribution is 7.80. The Morgan fingerprint density at radius 3 is 1.74 bits per heavy atom. The molecule has 0 unspecified atom stereocenters. The maximum absolute atomic E-state index is 10.5. The zero-order valence-corrected chi connectivity index (χ0v) is 12.9. The van der Waals surface area contributed by atoms with Gasteiger partial charge in [0.2, 0.25) is 0 Å². The molecule has 0 aliphatic carbocycles. The number of carbonyl (C=O) groups is 2. The van der Waals surface area contributed by atoms with Gasteiger partial charge in [-0.15, -0.1) is 0 Å². The molecule has 0 aliphatic rings. The summed E-state index contributed by atoms with van der Waals surface area (Å²) in [7, 11) is 0. The van der Waals surface area contributed by atoms with Gasteiger partial charge in [0.1, 0.15) is 0 Å². The zero-order chi connectivity index (χ0) is 17.2. The highest BCUT2D eigenvalue weighted by atomic mass is 32.1. The molecule has 23 heavy (non-hydrogen) atoms. The number of nitrogens with two attached hydrogens (primary N) is 1. The second-order valence-corrected chi connectivity index (χ2v) is 4.80. The maximum Gasteiger partial charge on any atom is 0.336 e. The van der Waals surface area contributed by atoms with Crippen LogP contribution in [0.25, 0.3) is 0 Å². The average Bonchev–Trinajstić information content (AvgIpc) is 2.54. The number of nitrogens with one attached hydrogen (secondary N) is 1. The van der Waals surface area contributed by atoms with Crippen LogP contribution < -0.4 is 11.1 Å². The van der Waals surface area contributed by atoms with E-state index < -0.39 is 11.9 Å². The lowest BCUT2D eigenvalue weighted by Gasteiger charge is -2.02. The number of aromatic carboxylic acids is 2. The van der Waals surface area contributed by atoms with Gasteiger partial charge in [-0.1, -0.05) is 42.5 Å². The molecule has 0 saturated heterocycles. The Labute approximate surface area is 138 Å². The van der Waals surface area contributed by atoms with E-state index in [0.29, 0.717) is 11.7 Å². The number of hydrogen-bond donors (Lipinski definition) is 4. The van der Waals surface area contributed by atoms with Crippen LogP contribution in [0.15, 0.2) is 54.6 Å². The molecule has 7 heteroatoms. The van der Waals surface area contributed by atoms with E-state index in [4.69, 9.17) is 15.9 Å². The van der Waals surface area contributed by atoms with E-state index in [1.807, 2.05) is 30.3 Å². The van der Waals surface area contributed by atoms with Gasteiger partial charge >= 0.3 is 11.9 Å². The Morgan fingerprint density at radius 1 is 0.913 bits per heavy atom. The molecule has 6 nitrogen and oxygen atoms in total. The third-order valence-electron chi connectivity index (χ3n) is 2.70. The van der Waals surface area contributed by atoms with Gasteiger partial charge in [-0.2, -0.15) is 0 Å². The fourth-order valence-corrected chi connectivity index (χ4v) is 1.71. The summed E-state index contributed by atoms with van der Waals surface area (Å²) in [6.07, 6.45) is 0.